The molecule has 0 bridgehead atoms. The number of nitro groups is 1. The zero-order chi connectivity index (χ0) is 22.7. The van der Waals surface area contributed by atoms with Crippen LogP contribution >= 0.6 is 0 Å². The molecule has 0 aliphatic heterocycles. The van der Waals surface area contributed by atoms with E-state index in [4.69, 9.17) is 0 Å². The van der Waals surface area contributed by atoms with E-state index in [9.17, 15) is 20.6 Å². The molecule has 0 unspecified atom stereocenters. The maximum absolute atomic E-state index is 10.9. The number of non-ortho nitro benzene ring substituents is 1. The third-order valence-electron chi connectivity index (χ3n) is 5.54. The molecule has 0 aliphatic carbocycles. The summed E-state index contributed by atoms with van der Waals surface area (Å²) in [5, 5.41) is 31.2. The average Bonchev–Trinajstić information content (AvgIpc) is 3.08. The van der Waals surface area contributed by atoms with Gasteiger partial charge in [-0.1, -0.05) is 36.4 Å². The molecule has 0 amide bonds. The highest BCUT2D eigenvalue weighted by Crippen LogP contribution is 2.31. The third-order valence-corrected chi connectivity index (χ3v) is 5.54. The molecular formula is C26H18N4O2. The molecule has 0 saturated carbocycles. The summed E-state index contributed by atoms with van der Waals surface area (Å²) in [6, 6.07) is 25.9. The minimum atomic E-state index is -0.462. The molecule has 0 aliphatic rings. The quantitative estimate of drug-likeness (QED) is 0.231. The van der Waals surface area contributed by atoms with Gasteiger partial charge in [0.25, 0.3) is 5.69 Å². The number of benzene rings is 3. The number of fused-ring (bicyclic) bond motifs is 1. The fourth-order valence-electron chi connectivity index (χ4n) is 3.87. The minimum absolute atomic E-state index is 0.0185. The van der Waals surface area contributed by atoms with Gasteiger partial charge in [0.15, 0.2) is 0 Å². The second kappa shape index (κ2) is 8.59. The number of hydrogen-bond acceptors (Lipinski definition) is 4. The zero-order valence-corrected chi connectivity index (χ0v) is 17.3. The summed E-state index contributed by atoms with van der Waals surface area (Å²) in [7, 11) is 0. The fourth-order valence-corrected chi connectivity index (χ4v) is 3.87. The van der Waals surface area contributed by atoms with Crippen LogP contribution in [-0.4, -0.2) is 9.49 Å². The first kappa shape index (κ1) is 20.6. The molecule has 6 heteroatoms. The van der Waals surface area contributed by atoms with Crippen molar-refractivity contribution in [2.45, 2.75) is 13.5 Å². The first-order valence-electron chi connectivity index (χ1n) is 9.96. The van der Waals surface area contributed by atoms with E-state index in [-0.39, 0.29) is 5.69 Å². The second-order valence-corrected chi connectivity index (χ2v) is 7.35. The Balaban J connectivity index is 1.84. The molecule has 6 nitrogen and oxygen atoms in total. The zero-order valence-electron chi connectivity index (χ0n) is 17.3. The van der Waals surface area contributed by atoms with Crippen LogP contribution in [0.25, 0.3) is 22.6 Å². The van der Waals surface area contributed by atoms with Crippen LogP contribution in [0.5, 0.6) is 0 Å². The lowest BCUT2D eigenvalue weighted by Gasteiger charge is -2.10. The van der Waals surface area contributed by atoms with E-state index in [0.29, 0.717) is 23.2 Å². The van der Waals surface area contributed by atoms with E-state index in [0.717, 1.165) is 27.7 Å². The van der Waals surface area contributed by atoms with Gasteiger partial charge in [-0.05, 0) is 48.4 Å². The maximum atomic E-state index is 10.9. The van der Waals surface area contributed by atoms with E-state index in [2.05, 4.69) is 16.7 Å². The molecule has 154 valence electrons. The number of rotatable bonds is 5. The Morgan fingerprint density at radius 3 is 2.41 bits per heavy atom. The number of nitriles is 2. The highest BCUT2D eigenvalue weighted by molar-refractivity contribution is 5.99. The number of hydrogen-bond donors (Lipinski definition) is 0. The first-order valence-corrected chi connectivity index (χ1v) is 9.96. The van der Waals surface area contributed by atoms with E-state index >= 15 is 0 Å². The Kier molecular flexibility index (Phi) is 5.53. The van der Waals surface area contributed by atoms with Gasteiger partial charge in [-0.15, -0.1) is 0 Å². The summed E-state index contributed by atoms with van der Waals surface area (Å²) in [6.45, 7) is 2.52. The molecular weight excluding hydrogens is 400 g/mol. The Morgan fingerprint density at radius 1 is 1.03 bits per heavy atom. The van der Waals surface area contributed by atoms with E-state index in [1.54, 1.807) is 18.2 Å². The van der Waals surface area contributed by atoms with Crippen molar-refractivity contribution in [3.05, 3.63) is 111 Å². The number of aromatic nitrogens is 1. The van der Waals surface area contributed by atoms with E-state index < -0.39 is 4.92 Å². The molecule has 4 rings (SSSR count). The highest BCUT2D eigenvalue weighted by atomic mass is 16.6. The van der Waals surface area contributed by atoms with Crippen LogP contribution in [0.15, 0.2) is 72.8 Å². The Hall–Kier alpha value is -4.68. The van der Waals surface area contributed by atoms with Gasteiger partial charge in [0.1, 0.15) is 0 Å². The van der Waals surface area contributed by atoms with Gasteiger partial charge in [0, 0.05) is 40.8 Å². The molecule has 4 aromatic rings. The SMILES string of the molecule is Cc1c(/C=C(\C#N)c2ccc([N+](=O)[O-])cc2)c2ccccc2n1Cc1ccccc1C#N. The van der Waals surface area contributed by atoms with E-state index in [1.807, 2.05) is 55.5 Å². The molecule has 1 aromatic heterocycles. The molecule has 0 atom stereocenters. The van der Waals surface area contributed by atoms with Gasteiger partial charge in [-0.2, -0.15) is 10.5 Å². The topological polar surface area (TPSA) is 95.6 Å². The molecule has 3 aromatic carbocycles. The van der Waals surface area contributed by atoms with Crippen LogP contribution in [0.4, 0.5) is 5.69 Å². The molecule has 0 saturated heterocycles. The minimum Gasteiger partial charge on any atom is -0.340 e. The molecule has 32 heavy (non-hydrogen) atoms. The molecule has 0 fully saturated rings. The van der Waals surface area contributed by atoms with Crippen molar-refractivity contribution in [1.29, 1.82) is 10.5 Å². The lowest BCUT2D eigenvalue weighted by molar-refractivity contribution is -0.384. The van der Waals surface area contributed by atoms with E-state index in [1.165, 1.54) is 12.1 Å². The van der Waals surface area contributed by atoms with Crippen molar-refractivity contribution < 1.29 is 4.92 Å². The lowest BCUT2D eigenvalue weighted by Crippen LogP contribution is -2.03. The van der Waals surface area contributed by atoms with Crippen LogP contribution in [0.2, 0.25) is 0 Å². The Labute approximate surface area is 185 Å². The van der Waals surface area contributed by atoms with Crippen LogP contribution in [0.1, 0.15) is 27.9 Å². The number of allylic oxidation sites excluding steroid dienone is 1. The van der Waals surface area contributed by atoms with Crippen molar-refractivity contribution in [2.24, 2.45) is 0 Å². The number of nitro benzene ring substituents is 1. The van der Waals surface area contributed by atoms with Crippen molar-refractivity contribution in [1.82, 2.24) is 4.57 Å². The lowest BCUT2D eigenvalue weighted by atomic mass is 10.0. The number of para-hydroxylation sites is 1. The summed E-state index contributed by atoms with van der Waals surface area (Å²) >= 11 is 0. The number of nitrogens with zero attached hydrogens (tertiary/aromatic N) is 4. The predicted molar refractivity (Wildman–Crippen MR) is 124 cm³/mol. The van der Waals surface area contributed by atoms with Crippen molar-refractivity contribution >= 4 is 28.2 Å². The van der Waals surface area contributed by atoms with Crippen molar-refractivity contribution in [2.75, 3.05) is 0 Å². The average molecular weight is 418 g/mol. The predicted octanol–water partition coefficient (Wildman–Crippen LogP) is 5.84. The fraction of sp³-hybridized carbons (Fsp3) is 0.0769. The first-order chi connectivity index (χ1) is 15.5. The van der Waals surface area contributed by atoms with Crippen LogP contribution < -0.4 is 0 Å². The van der Waals surface area contributed by atoms with Gasteiger partial charge < -0.3 is 4.57 Å². The normalized spacial score (nSPS) is 11.2. The van der Waals surface area contributed by atoms with Gasteiger partial charge in [-0.3, -0.25) is 10.1 Å². The molecule has 1 heterocycles. The maximum Gasteiger partial charge on any atom is 0.269 e. The summed E-state index contributed by atoms with van der Waals surface area (Å²) in [4.78, 5) is 10.5. The molecule has 0 spiro atoms. The second-order valence-electron chi connectivity index (χ2n) is 7.35. The monoisotopic (exact) mass is 418 g/mol. The highest BCUT2D eigenvalue weighted by Gasteiger charge is 2.15. The standard InChI is InChI=1S/C26H18N4O2/c1-18-25(14-22(16-28)19-10-12-23(13-11-19)30(31)32)24-8-4-5-9-26(24)29(18)17-21-7-3-2-6-20(21)15-27/h2-14H,17H2,1H3/b22-14+. The largest absolute Gasteiger partial charge is 0.340 e. The Morgan fingerprint density at radius 2 is 1.72 bits per heavy atom. The van der Waals surface area contributed by atoms with Gasteiger partial charge in [0.2, 0.25) is 0 Å². The Bertz CT molecular complexity index is 1450. The summed E-state index contributed by atoms with van der Waals surface area (Å²) < 4.78 is 2.14. The summed E-state index contributed by atoms with van der Waals surface area (Å²) in [5.74, 6) is 0. The smallest absolute Gasteiger partial charge is 0.269 e. The molecule has 0 radical (unpaired) electrons. The van der Waals surface area contributed by atoms with Gasteiger partial charge in [-0.25, -0.2) is 0 Å². The molecule has 0 N–H and O–H groups in total. The third kappa shape index (κ3) is 3.74. The van der Waals surface area contributed by atoms with Crippen molar-refractivity contribution in [3.8, 4) is 12.1 Å². The van der Waals surface area contributed by atoms with Gasteiger partial charge in [0.05, 0.1) is 28.2 Å². The van der Waals surface area contributed by atoms with Gasteiger partial charge >= 0.3 is 0 Å². The van der Waals surface area contributed by atoms with Crippen LogP contribution in [0, 0.1) is 39.7 Å². The van der Waals surface area contributed by atoms with Crippen LogP contribution in [0.3, 0.4) is 0 Å². The van der Waals surface area contributed by atoms with Crippen molar-refractivity contribution in [3.63, 3.8) is 0 Å². The summed E-state index contributed by atoms with van der Waals surface area (Å²) in [5.41, 5.74) is 5.45. The summed E-state index contributed by atoms with van der Waals surface area (Å²) in [6.07, 6.45) is 1.82. The van der Waals surface area contributed by atoms with Crippen LogP contribution in [-0.2, 0) is 6.54 Å².